The maximum absolute atomic E-state index is 12.1. The maximum Gasteiger partial charge on any atom is 0.278 e. The predicted octanol–water partition coefficient (Wildman–Crippen LogP) is 1.39. The summed E-state index contributed by atoms with van der Waals surface area (Å²) < 4.78 is 1.23. The summed E-state index contributed by atoms with van der Waals surface area (Å²) in [5.74, 6) is -0.0755. The lowest BCUT2D eigenvalue weighted by molar-refractivity contribution is 0.101. The number of rotatable bonds is 3. The zero-order chi connectivity index (χ0) is 14.8. The molecule has 3 rings (SSSR count). The van der Waals surface area contributed by atoms with Gasteiger partial charge in [0.25, 0.3) is 11.5 Å². The highest BCUT2D eigenvalue weighted by Crippen LogP contribution is 2.13. The first kappa shape index (κ1) is 13.0. The largest absolute Gasteiger partial charge is 0.324 e. The second-order valence-electron chi connectivity index (χ2n) is 4.43. The summed E-state index contributed by atoms with van der Waals surface area (Å²) in [6, 6.07) is 10.2. The minimum atomic E-state index is -0.420. The van der Waals surface area contributed by atoms with Crippen molar-refractivity contribution in [2.45, 2.75) is 13.5 Å². The third kappa shape index (κ3) is 2.53. The summed E-state index contributed by atoms with van der Waals surface area (Å²) >= 11 is 0. The normalized spacial score (nSPS) is 10.7. The van der Waals surface area contributed by atoms with E-state index in [2.05, 4.69) is 20.4 Å². The van der Waals surface area contributed by atoms with E-state index >= 15 is 0 Å². The van der Waals surface area contributed by atoms with E-state index in [1.807, 2.05) is 24.3 Å². The Morgan fingerprint density at radius 3 is 2.86 bits per heavy atom. The topological polar surface area (TPSA) is 92.7 Å². The van der Waals surface area contributed by atoms with Crippen LogP contribution >= 0.6 is 0 Å². The number of benzene rings is 1. The van der Waals surface area contributed by atoms with E-state index in [0.29, 0.717) is 12.5 Å². The SMILES string of the molecule is CCn1nc(C(=O)Nc2nc3ccccc3[nH]2)ccc1=O. The summed E-state index contributed by atoms with van der Waals surface area (Å²) in [4.78, 5) is 30.8. The molecule has 0 bridgehead atoms. The molecule has 7 nitrogen and oxygen atoms in total. The Morgan fingerprint density at radius 2 is 2.10 bits per heavy atom. The predicted molar refractivity (Wildman–Crippen MR) is 78.2 cm³/mol. The number of aromatic nitrogens is 4. The van der Waals surface area contributed by atoms with E-state index in [1.165, 1.54) is 16.8 Å². The van der Waals surface area contributed by atoms with E-state index in [-0.39, 0.29) is 11.3 Å². The van der Waals surface area contributed by atoms with Gasteiger partial charge >= 0.3 is 0 Å². The fourth-order valence-electron chi connectivity index (χ4n) is 1.98. The van der Waals surface area contributed by atoms with Crippen molar-refractivity contribution < 1.29 is 4.79 Å². The lowest BCUT2D eigenvalue weighted by Crippen LogP contribution is -2.25. The quantitative estimate of drug-likeness (QED) is 0.759. The number of hydrogen-bond acceptors (Lipinski definition) is 4. The number of carbonyl (C=O) groups is 1. The molecule has 0 aliphatic rings. The molecule has 106 valence electrons. The van der Waals surface area contributed by atoms with Gasteiger partial charge in [-0.15, -0.1) is 0 Å². The van der Waals surface area contributed by atoms with Crippen LogP contribution in [-0.2, 0) is 6.54 Å². The van der Waals surface area contributed by atoms with Gasteiger partial charge in [0.2, 0.25) is 5.95 Å². The van der Waals surface area contributed by atoms with Gasteiger partial charge in [-0.2, -0.15) is 5.10 Å². The Labute approximate surface area is 119 Å². The van der Waals surface area contributed by atoms with Crippen LogP contribution in [-0.4, -0.2) is 25.7 Å². The highest BCUT2D eigenvalue weighted by Gasteiger charge is 2.11. The molecule has 0 aliphatic heterocycles. The van der Waals surface area contributed by atoms with Crippen LogP contribution in [0.15, 0.2) is 41.2 Å². The molecule has 2 heterocycles. The van der Waals surface area contributed by atoms with Crippen molar-refractivity contribution in [3.05, 3.63) is 52.4 Å². The molecule has 1 amide bonds. The van der Waals surface area contributed by atoms with Gasteiger partial charge in [-0.05, 0) is 25.1 Å². The number of imidazole rings is 1. The fourth-order valence-corrected chi connectivity index (χ4v) is 1.98. The van der Waals surface area contributed by atoms with Crippen molar-refractivity contribution in [3.63, 3.8) is 0 Å². The summed E-state index contributed by atoms with van der Waals surface area (Å²) in [6.07, 6.45) is 0. The van der Waals surface area contributed by atoms with Gasteiger partial charge < -0.3 is 4.98 Å². The number of nitrogens with zero attached hydrogens (tertiary/aromatic N) is 3. The van der Waals surface area contributed by atoms with E-state index < -0.39 is 5.91 Å². The second-order valence-corrected chi connectivity index (χ2v) is 4.43. The van der Waals surface area contributed by atoms with Gasteiger partial charge in [0.1, 0.15) is 5.69 Å². The number of fused-ring (bicyclic) bond motifs is 1. The number of aromatic amines is 1. The van der Waals surface area contributed by atoms with Crippen molar-refractivity contribution in [1.82, 2.24) is 19.7 Å². The minimum Gasteiger partial charge on any atom is -0.324 e. The molecule has 1 aromatic carbocycles. The molecule has 0 atom stereocenters. The maximum atomic E-state index is 12.1. The zero-order valence-electron chi connectivity index (χ0n) is 11.3. The first-order chi connectivity index (χ1) is 10.2. The monoisotopic (exact) mass is 283 g/mol. The molecule has 0 unspecified atom stereocenters. The number of aryl methyl sites for hydroxylation is 1. The molecule has 0 aliphatic carbocycles. The number of nitrogens with one attached hydrogen (secondary N) is 2. The van der Waals surface area contributed by atoms with Crippen molar-refractivity contribution >= 4 is 22.9 Å². The smallest absolute Gasteiger partial charge is 0.278 e. The average Bonchev–Trinajstić information content (AvgIpc) is 2.89. The van der Waals surface area contributed by atoms with Gasteiger partial charge in [-0.3, -0.25) is 14.9 Å². The number of anilines is 1. The van der Waals surface area contributed by atoms with Crippen molar-refractivity contribution in [2.24, 2.45) is 0 Å². The third-order valence-corrected chi connectivity index (χ3v) is 3.02. The highest BCUT2D eigenvalue weighted by molar-refractivity contribution is 6.02. The van der Waals surface area contributed by atoms with Gasteiger partial charge in [0.05, 0.1) is 11.0 Å². The van der Waals surface area contributed by atoms with Gasteiger partial charge in [0, 0.05) is 12.6 Å². The minimum absolute atomic E-state index is 0.164. The average molecular weight is 283 g/mol. The lowest BCUT2D eigenvalue weighted by Gasteiger charge is -2.04. The van der Waals surface area contributed by atoms with Crippen LogP contribution in [0.1, 0.15) is 17.4 Å². The van der Waals surface area contributed by atoms with Crippen LogP contribution in [0.4, 0.5) is 5.95 Å². The summed E-state index contributed by atoms with van der Waals surface area (Å²) in [5, 5.41) is 6.63. The van der Waals surface area contributed by atoms with Crippen LogP contribution in [0, 0.1) is 0 Å². The van der Waals surface area contributed by atoms with E-state index in [0.717, 1.165) is 11.0 Å². The summed E-state index contributed by atoms with van der Waals surface area (Å²) in [7, 11) is 0. The molecule has 2 N–H and O–H groups in total. The Kier molecular flexibility index (Phi) is 3.23. The first-order valence-electron chi connectivity index (χ1n) is 6.51. The molecule has 7 heteroatoms. The Morgan fingerprint density at radius 1 is 1.29 bits per heavy atom. The number of amides is 1. The van der Waals surface area contributed by atoms with E-state index in [1.54, 1.807) is 6.92 Å². The van der Waals surface area contributed by atoms with E-state index in [9.17, 15) is 9.59 Å². The van der Waals surface area contributed by atoms with Crippen LogP contribution < -0.4 is 10.9 Å². The third-order valence-electron chi connectivity index (χ3n) is 3.02. The Hall–Kier alpha value is -2.96. The lowest BCUT2D eigenvalue weighted by atomic mass is 10.3. The molecular weight excluding hydrogens is 270 g/mol. The first-order valence-corrected chi connectivity index (χ1v) is 6.51. The molecule has 0 radical (unpaired) electrons. The molecular formula is C14H13N5O2. The zero-order valence-corrected chi connectivity index (χ0v) is 11.3. The standard InChI is InChI=1S/C14H13N5O2/c1-2-19-12(20)8-7-11(18-19)13(21)17-14-15-9-5-3-4-6-10(9)16-14/h3-8H,2H2,1H3,(H2,15,16,17,21). The molecule has 0 saturated heterocycles. The second kappa shape index (κ2) is 5.20. The Balaban J connectivity index is 1.87. The molecule has 3 aromatic rings. The van der Waals surface area contributed by atoms with Crippen LogP contribution in [0.2, 0.25) is 0 Å². The number of para-hydroxylation sites is 2. The number of carbonyl (C=O) groups excluding carboxylic acids is 1. The molecule has 2 aromatic heterocycles. The highest BCUT2D eigenvalue weighted by atomic mass is 16.2. The number of H-pyrrole nitrogens is 1. The number of hydrogen-bond donors (Lipinski definition) is 2. The molecule has 21 heavy (non-hydrogen) atoms. The van der Waals surface area contributed by atoms with Crippen molar-refractivity contribution in [2.75, 3.05) is 5.32 Å². The molecule has 0 fully saturated rings. The molecule has 0 saturated carbocycles. The van der Waals surface area contributed by atoms with Gasteiger partial charge in [-0.25, -0.2) is 9.67 Å². The van der Waals surface area contributed by atoms with Crippen LogP contribution in [0.5, 0.6) is 0 Å². The molecule has 0 spiro atoms. The van der Waals surface area contributed by atoms with Gasteiger partial charge in [0.15, 0.2) is 0 Å². The van der Waals surface area contributed by atoms with Crippen molar-refractivity contribution in [1.29, 1.82) is 0 Å². The van der Waals surface area contributed by atoms with Crippen LogP contribution in [0.3, 0.4) is 0 Å². The van der Waals surface area contributed by atoms with Gasteiger partial charge in [-0.1, -0.05) is 12.1 Å². The van der Waals surface area contributed by atoms with Crippen LogP contribution in [0.25, 0.3) is 11.0 Å². The fraction of sp³-hybridized carbons (Fsp3) is 0.143. The summed E-state index contributed by atoms with van der Waals surface area (Å²) in [5.41, 5.74) is 1.52. The summed E-state index contributed by atoms with van der Waals surface area (Å²) in [6.45, 7) is 2.19. The van der Waals surface area contributed by atoms with Crippen molar-refractivity contribution in [3.8, 4) is 0 Å². The Bertz CT molecular complexity index is 832. The van der Waals surface area contributed by atoms with E-state index in [4.69, 9.17) is 0 Å².